The van der Waals surface area contributed by atoms with E-state index in [9.17, 15) is 0 Å². The molecule has 2 unspecified atom stereocenters. The molecule has 1 aromatic carbocycles. The van der Waals surface area contributed by atoms with Crippen LogP contribution in [0, 0.1) is 5.92 Å². The first-order valence-electron chi connectivity index (χ1n) is 7.18. The number of imidazole rings is 1. The standard InChI is InChI=1S/C16H21N3/c1-13-6-5-7-14(12-13)18-16-17-10-11-19(16)15-8-3-2-4-9-15/h2-4,8-11,13-14H,5-7,12H2,1H3,(H,17,18). The maximum Gasteiger partial charge on any atom is 0.207 e. The van der Waals surface area contributed by atoms with Crippen LogP contribution in [0.4, 0.5) is 5.95 Å². The summed E-state index contributed by atoms with van der Waals surface area (Å²) in [7, 11) is 0. The lowest BCUT2D eigenvalue weighted by atomic mass is 9.87. The third kappa shape index (κ3) is 2.80. The van der Waals surface area contributed by atoms with E-state index in [2.05, 4.69) is 46.1 Å². The molecule has 1 saturated carbocycles. The van der Waals surface area contributed by atoms with Gasteiger partial charge in [-0.15, -0.1) is 0 Å². The summed E-state index contributed by atoms with van der Waals surface area (Å²) in [5, 5.41) is 3.61. The van der Waals surface area contributed by atoms with Crippen LogP contribution in [0.2, 0.25) is 0 Å². The Kier molecular flexibility index (Phi) is 3.53. The number of aromatic nitrogens is 2. The van der Waals surface area contributed by atoms with Crippen molar-refractivity contribution < 1.29 is 0 Å². The van der Waals surface area contributed by atoms with Gasteiger partial charge in [0.05, 0.1) is 0 Å². The number of nitrogens with zero attached hydrogens (tertiary/aromatic N) is 2. The molecular formula is C16H21N3. The summed E-state index contributed by atoms with van der Waals surface area (Å²) in [6.07, 6.45) is 9.08. The average Bonchev–Trinajstić information content (AvgIpc) is 2.88. The van der Waals surface area contributed by atoms with Crippen molar-refractivity contribution in [1.29, 1.82) is 0 Å². The van der Waals surface area contributed by atoms with Crippen molar-refractivity contribution in [3.63, 3.8) is 0 Å². The molecule has 0 amide bonds. The van der Waals surface area contributed by atoms with Gasteiger partial charge in [-0.05, 0) is 30.9 Å². The van der Waals surface area contributed by atoms with E-state index >= 15 is 0 Å². The summed E-state index contributed by atoms with van der Waals surface area (Å²) in [6.45, 7) is 2.34. The minimum absolute atomic E-state index is 0.564. The Balaban J connectivity index is 1.77. The van der Waals surface area contributed by atoms with E-state index < -0.39 is 0 Å². The third-order valence-electron chi connectivity index (χ3n) is 3.94. The molecule has 3 rings (SSSR count). The quantitative estimate of drug-likeness (QED) is 0.902. The van der Waals surface area contributed by atoms with Crippen LogP contribution in [0.25, 0.3) is 5.69 Å². The highest BCUT2D eigenvalue weighted by Crippen LogP contribution is 2.26. The van der Waals surface area contributed by atoms with E-state index in [0.29, 0.717) is 6.04 Å². The van der Waals surface area contributed by atoms with Gasteiger partial charge < -0.3 is 5.32 Å². The van der Waals surface area contributed by atoms with Crippen LogP contribution >= 0.6 is 0 Å². The molecule has 2 aromatic rings. The number of para-hydroxylation sites is 1. The number of benzene rings is 1. The number of rotatable bonds is 3. The van der Waals surface area contributed by atoms with Gasteiger partial charge >= 0.3 is 0 Å². The van der Waals surface area contributed by atoms with Crippen molar-refractivity contribution in [2.75, 3.05) is 5.32 Å². The van der Waals surface area contributed by atoms with Gasteiger partial charge in [-0.3, -0.25) is 4.57 Å². The largest absolute Gasteiger partial charge is 0.353 e. The third-order valence-corrected chi connectivity index (χ3v) is 3.94. The maximum absolute atomic E-state index is 4.46. The van der Waals surface area contributed by atoms with Crippen molar-refractivity contribution >= 4 is 5.95 Å². The van der Waals surface area contributed by atoms with E-state index in [4.69, 9.17) is 0 Å². The predicted molar refractivity (Wildman–Crippen MR) is 78.6 cm³/mol. The summed E-state index contributed by atoms with van der Waals surface area (Å²) in [5.74, 6) is 1.79. The van der Waals surface area contributed by atoms with Gasteiger partial charge in [-0.25, -0.2) is 4.98 Å². The summed E-state index contributed by atoms with van der Waals surface area (Å²) in [4.78, 5) is 4.46. The number of hydrogen-bond donors (Lipinski definition) is 1. The second-order valence-corrected chi connectivity index (χ2v) is 5.57. The van der Waals surface area contributed by atoms with E-state index in [1.807, 2.05) is 18.5 Å². The lowest BCUT2D eigenvalue weighted by Crippen LogP contribution is -2.27. The highest BCUT2D eigenvalue weighted by atomic mass is 15.2. The van der Waals surface area contributed by atoms with Crippen molar-refractivity contribution in [2.24, 2.45) is 5.92 Å². The van der Waals surface area contributed by atoms with Gasteiger partial charge in [-0.1, -0.05) is 38.0 Å². The monoisotopic (exact) mass is 255 g/mol. The average molecular weight is 255 g/mol. The van der Waals surface area contributed by atoms with Gasteiger partial charge in [0.2, 0.25) is 5.95 Å². The van der Waals surface area contributed by atoms with Crippen molar-refractivity contribution in [1.82, 2.24) is 9.55 Å². The zero-order valence-electron chi connectivity index (χ0n) is 11.4. The molecular weight excluding hydrogens is 234 g/mol. The fraction of sp³-hybridized carbons (Fsp3) is 0.438. The molecule has 0 radical (unpaired) electrons. The first-order valence-corrected chi connectivity index (χ1v) is 7.18. The normalized spacial score (nSPS) is 23.2. The van der Waals surface area contributed by atoms with Crippen LogP contribution in [0.5, 0.6) is 0 Å². The van der Waals surface area contributed by atoms with Crippen LogP contribution in [0.1, 0.15) is 32.6 Å². The highest BCUT2D eigenvalue weighted by molar-refractivity contribution is 5.42. The minimum atomic E-state index is 0.564. The molecule has 100 valence electrons. The Hall–Kier alpha value is -1.77. The molecule has 0 saturated heterocycles. The molecule has 1 fully saturated rings. The van der Waals surface area contributed by atoms with Crippen LogP contribution < -0.4 is 5.32 Å². The van der Waals surface area contributed by atoms with Gasteiger partial charge in [-0.2, -0.15) is 0 Å². The fourth-order valence-electron chi connectivity index (χ4n) is 2.95. The van der Waals surface area contributed by atoms with Gasteiger partial charge in [0, 0.05) is 24.1 Å². The second kappa shape index (κ2) is 5.47. The first-order chi connectivity index (χ1) is 9.33. The molecule has 2 atom stereocenters. The summed E-state index contributed by atoms with van der Waals surface area (Å²) < 4.78 is 2.12. The molecule has 0 bridgehead atoms. The Morgan fingerprint density at radius 1 is 1.21 bits per heavy atom. The van der Waals surface area contributed by atoms with Crippen molar-refractivity contribution in [3.8, 4) is 5.69 Å². The predicted octanol–water partition coefficient (Wildman–Crippen LogP) is 3.86. The topological polar surface area (TPSA) is 29.9 Å². The summed E-state index contributed by atoms with van der Waals surface area (Å²) in [5.41, 5.74) is 1.16. The summed E-state index contributed by atoms with van der Waals surface area (Å²) in [6, 6.07) is 10.9. The van der Waals surface area contributed by atoms with E-state index in [0.717, 1.165) is 17.6 Å². The zero-order valence-corrected chi connectivity index (χ0v) is 11.4. The molecule has 0 spiro atoms. The molecule has 1 aromatic heterocycles. The first kappa shape index (κ1) is 12.3. The minimum Gasteiger partial charge on any atom is -0.353 e. The van der Waals surface area contributed by atoms with Crippen molar-refractivity contribution in [3.05, 3.63) is 42.7 Å². The molecule has 1 N–H and O–H groups in total. The lowest BCUT2D eigenvalue weighted by molar-refractivity contribution is 0.357. The van der Waals surface area contributed by atoms with Crippen LogP contribution in [-0.4, -0.2) is 15.6 Å². The van der Waals surface area contributed by atoms with Gasteiger partial charge in [0.1, 0.15) is 0 Å². The Bertz CT molecular complexity index is 518. The highest BCUT2D eigenvalue weighted by Gasteiger charge is 2.20. The van der Waals surface area contributed by atoms with Gasteiger partial charge in [0.25, 0.3) is 0 Å². The molecule has 1 aliphatic rings. The Labute approximate surface area is 114 Å². The zero-order chi connectivity index (χ0) is 13.1. The molecule has 3 nitrogen and oxygen atoms in total. The van der Waals surface area contributed by atoms with Crippen molar-refractivity contribution in [2.45, 2.75) is 38.6 Å². The number of anilines is 1. The molecule has 1 heterocycles. The number of hydrogen-bond acceptors (Lipinski definition) is 2. The molecule has 0 aliphatic heterocycles. The second-order valence-electron chi connectivity index (χ2n) is 5.57. The number of nitrogens with one attached hydrogen (secondary N) is 1. The smallest absolute Gasteiger partial charge is 0.207 e. The lowest BCUT2D eigenvalue weighted by Gasteiger charge is -2.28. The summed E-state index contributed by atoms with van der Waals surface area (Å²) >= 11 is 0. The molecule has 3 heteroatoms. The van der Waals surface area contributed by atoms with E-state index in [1.54, 1.807) is 0 Å². The molecule has 1 aliphatic carbocycles. The van der Waals surface area contributed by atoms with E-state index in [-0.39, 0.29) is 0 Å². The molecule has 19 heavy (non-hydrogen) atoms. The van der Waals surface area contributed by atoms with Gasteiger partial charge in [0.15, 0.2) is 0 Å². The van der Waals surface area contributed by atoms with Crippen LogP contribution in [0.3, 0.4) is 0 Å². The Morgan fingerprint density at radius 2 is 2.05 bits per heavy atom. The Morgan fingerprint density at radius 3 is 2.84 bits per heavy atom. The SMILES string of the molecule is CC1CCCC(Nc2nccn2-c2ccccc2)C1. The van der Waals surface area contributed by atoms with Crippen LogP contribution in [-0.2, 0) is 0 Å². The fourth-order valence-corrected chi connectivity index (χ4v) is 2.95. The van der Waals surface area contributed by atoms with Crippen LogP contribution in [0.15, 0.2) is 42.7 Å². The maximum atomic E-state index is 4.46. The van der Waals surface area contributed by atoms with E-state index in [1.165, 1.54) is 25.7 Å².